The van der Waals surface area contributed by atoms with E-state index in [1.54, 1.807) is 18.2 Å². The molecule has 4 nitrogen and oxygen atoms in total. The Hall–Kier alpha value is -2.21. The van der Waals surface area contributed by atoms with Gasteiger partial charge in [0.05, 0.1) is 9.86 Å². The highest BCUT2D eigenvalue weighted by Crippen LogP contribution is 2.27. The molecule has 3 aromatic rings. The lowest BCUT2D eigenvalue weighted by Crippen LogP contribution is -2.01. The third-order valence-corrected chi connectivity index (χ3v) is 3.41. The van der Waals surface area contributed by atoms with E-state index in [1.807, 2.05) is 0 Å². The number of halogens is 2. The maximum atomic E-state index is 13.3. The summed E-state index contributed by atoms with van der Waals surface area (Å²) in [5.74, 6) is -1.44. The zero-order valence-electron chi connectivity index (χ0n) is 9.93. The van der Waals surface area contributed by atoms with Crippen LogP contribution in [0.1, 0.15) is 0 Å². The SMILES string of the molecule is O=c1cc(-c2ccc(O)c(F)n2)oc2c(Br)cccc12. The second kappa shape index (κ2) is 4.72. The smallest absolute Gasteiger partial charge is 0.255 e. The molecule has 3 rings (SSSR count). The average Bonchev–Trinajstić information content (AvgIpc) is 2.43. The quantitative estimate of drug-likeness (QED) is 0.691. The minimum absolute atomic E-state index is 0.133. The molecule has 0 saturated carbocycles. The molecule has 6 heteroatoms. The maximum absolute atomic E-state index is 13.3. The van der Waals surface area contributed by atoms with E-state index in [4.69, 9.17) is 9.52 Å². The van der Waals surface area contributed by atoms with Gasteiger partial charge in [0.15, 0.2) is 22.5 Å². The van der Waals surface area contributed by atoms with E-state index < -0.39 is 11.7 Å². The number of rotatable bonds is 1. The molecule has 0 amide bonds. The van der Waals surface area contributed by atoms with Crippen LogP contribution in [0.15, 0.2) is 50.1 Å². The zero-order valence-corrected chi connectivity index (χ0v) is 11.5. The van der Waals surface area contributed by atoms with Crippen molar-refractivity contribution >= 4 is 26.9 Å². The van der Waals surface area contributed by atoms with Gasteiger partial charge >= 0.3 is 0 Å². The van der Waals surface area contributed by atoms with Crippen molar-refractivity contribution in [1.82, 2.24) is 4.98 Å². The Morgan fingerprint density at radius 2 is 2.05 bits per heavy atom. The molecule has 0 spiro atoms. The fourth-order valence-electron chi connectivity index (χ4n) is 1.83. The lowest BCUT2D eigenvalue weighted by atomic mass is 10.2. The maximum Gasteiger partial charge on any atom is 0.255 e. The third kappa shape index (κ3) is 2.08. The molecule has 100 valence electrons. The minimum atomic E-state index is -1.02. The fraction of sp³-hybridized carbons (Fsp3) is 0. The predicted octanol–water partition coefficient (Wildman–Crippen LogP) is 3.46. The Morgan fingerprint density at radius 3 is 2.80 bits per heavy atom. The average molecular weight is 336 g/mol. The molecule has 0 aliphatic rings. The summed E-state index contributed by atoms with van der Waals surface area (Å²) in [5.41, 5.74) is 0.248. The zero-order chi connectivity index (χ0) is 14.3. The van der Waals surface area contributed by atoms with Crippen LogP contribution in [0.25, 0.3) is 22.4 Å². The molecule has 0 atom stereocenters. The summed E-state index contributed by atoms with van der Waals surface area (Å²) >= 11 is 3.30. The van der Waals surface area contributed by atoms with E-state index in [0.29, 0.717) is 15.4 Å². The normalized spacial score (nSPS) is 10.9. The Morgan fingerprint density at radius 1 is 1.25 bits per heavy atom. The molecule has 0 bridgehead atoms. The number of pyridine rings is 1. The van der Waals surface area contributed by atoms with E-state index in [9.17, 15) is 9.18 Å². The number of nitrogens with zero attached hydrogens (tertiary/aromatic N) is 1. The molecule has 0 unspecified atom stereocenters. The summed E-state index contributed by atoms with van der Waals surface area (Å²) in [6.07, 6.45) is 0. The Bertz CT molecular complexity index is 876. The standard InChI is InChI=1S/C14H7BrFNO3/c15-8-3-1-2-7-11(19)6-12(20-13(7)8)9-4-5-10(18)14(16)17-9/h1-6,18H. The molecule has 2 aromatic heterocycles. The number of fused-ring (bicyclic) bond motifs is 1. The largest absolute Gasteiger partial charge is 0.504 e. The monoisotopic (exact) mass is 335 g/mol. The first-order valence-corrected chi connectivity index (χ1v) is 6.44. The topological polar surface area (TPSA) is 63.3 Å². The van der Waals surface area contributed by atoms with Gasteiger partial charge in [0.1, 0.15) is 5.69 Å². The highest BCUT2D eigenvalue weighted by Gasteiger charge is 2.12. The second-order valence-electron chi connectivity index (χ2n) is 4.10. The lowest BCUT2D eigenvalue weighted by Gasteiger charge is -2.04. The lowest BCUT2D eigenvalue weighted by molar-refractivity contribution is 0.419. The second-order valence-corrected chi connectivity index (χ2v) is 4.95. The van der Waals surface area contributed by atoms with Crippen molar-refractivity contribution < 1.29 is 13.9 Å². The van der Waals surface area contributed by atoms with Gasteiger partial charge in [0, 0.05) is 6.07 Å². The molecular formula is C14H7BrFNO3. The van der Waals surface area contributed by atoms with Crippen molar-refractivity contribution in [2.45, 2.75) is 0 Å². The van der Waals surface area contributed by atoms with Crippen LogP contribution < -0.4 is 5.43 Å². The number of aromatic nitrogens is 1. The molecule has 1 aromatic carbocycles. The van der Waals surface area contributed by atoms with Gasteiger partial charge in [-0.1, -0.05) is 6.07 Å². The molecule has 0 aliphatic heterocycles. The highest BCUT2D eigenvalue weighted by atomic mass is 79.9. The highest BCUT2D eigenvalue weighted by molar-refractivity contribution is 9.10. The van der Waals surface area contributed by atoms with Gasteiger partial charge in [-0.05, 0) is 40.2 Å². The predicted molar refractivity (Wildman–Crippen MR) is 75.0 cm³/mol. The van der Waals surface area contributed by atoms with E-state index in [0.717, 1.165) is 6.07 Å². The number of para-hydroxylation sites is 1. The summed E-state index contributed by atoms with van der Waals surface area (Å²) in [7, 11) is 0. The fourth-order valence-corrected chi connectivity index (χ4v) is 2.28. The van der Waals surface area contributed by atoms with Crippen molar-refractivity contribution in [3.8, 4) is 17.2 Å². The summed E-state index contributed by atoms with van der Waals surface area (Å²) in [6, 6.07) is 8.87. The van der Waals surface area contributed by atoms with Crippen LogP contribution >= 0.6 is 15.9 Å². The molecule has 0 saturated heterocycles. The van der Waals surface area contributed by atoms with Crippen LogP contribution in [-0.2, 0) is 0 Å². The summed E-state index contributed by atoms with van der Waals surface area (Å²) in [5, 5.41) is 9.54. The van der Waals surface area contributed by atoms with E-state index in [-0.39, 0.29) is 16.9 Å². The molecule has 0 aliphatic carbocycles. The molecule has 20 heavy (non-hydrogen) atoms. The van der Waals surface area contributed by atoms with Crippen LogP contribution in [0.4, 0.5) is 4.39 Å². The molecule has 0 fully saturated rings. The van der Waals surface area contributed by atoms with Crippen molar-refractivity contribution in [2.24, 2.45) is 0 Å². The van der Waals surface area contributed by atoms with E-state index in [1.165, 1.54) is 12.1 Å². The van der Waals surface area contributed by atoms with Gasteiger partial charge in [0.2, 0.25) is 0 Å². The summed E-state index contributed by atoms with van der Waals surface area (Å²) in [4.78, 5) is 15.6. The number of benzene rings is 1. The van der Waals surface area contributed by atoms with Gasteiger partial charge in [-0.25, -0.2) is 4.98 Å². The Kier molecular flexibility index (Phi) is 3.02. The van der Waals surface area contributed by atoms with Crippen LogP contribution in [-0.4, -0.2) is 10.1 Å². The number of aromatic hydroxyl groups is 1. The van der Waals surface area contributed by atoms with Crippen molar-refractivity contribution in [3.05, 3.63) is 57.0 Å². The van der Waals surface area contributed by atoms with Gasteiger partial charge < -0.3 is 9.52 Å². The van der Waals surface area contributed by atoms with E-state index >= 15 is 0 Å². The first-order chi connectivity index (χ1) is 9.56. The van der Waals surface area contributed by atoms with Gasteiger partial charge in [-0.15, -0.1) is 0 Å². The van der Waals surface area contributed by atoms with Crippen molar-refractivity contribution in [3.63, 3.8) is 0 Å². The van der Waals surface area contributed by atoms with Crippen LogP contribution in [0.3, 0.4) is 0 Å². The first kappa shape index (κ1) is 12.8. The molecule has 2 heterocycles. The molecule has 1 N–H and O–H groups in total. The molecular weight excluding hydrogens is 329 g/mol. The van der Waals surface area contributed by atoms with Crippen LogP contribution in [0.5, 0.6) is 5.75 Å². The summed E-state index contributed by atoms with van der Waals surface area (Å²) < 4.78 is 19.5. The first-order valence-electron chi connectivity index (χ1n) is 5.64. The van der Waals surface area contributed by atoms with Crippen LogP contribution in [0.2, 0.25) is 0 Å². The van der Waals surface area contributed by atoms with Gasteiger partial charge in [-0.2, -0.15) is 4.39 Å². The Balaban J connectivity index is 2.29. The Labute approximate surface area is 120 Å². The minimum Gasteiger partial charge on any atom is -0.504 e. The van der Waals surface area contributed by atoms with Gasteiger partial charge in [-0.3, -0.25) is 4.79 Å². The number of hydrogen-bond acceptors (Lipinski definition) is 4. The van der Waals surface area contributed by atoms with Crippen LogP contribution in [0, 0.1) is 5.95 Å². The van der Waals surface area contributed by atoms with E-state index in [2.05, 4.69) is 20.9 Å². The summed E-state index contributed by atoms with van der Waals surface area (Å²) in [6.45, 7) is 0. The van der Waals surface area contributed by atoms with Gasteiger partial charge in [0.25, 0.3) is 5.95 Å². The van der Waals surface area contributed by atoms with Crippen molar-refractivity contribution in [2.75, 3.05) is 0 Å². The van der Waals surface area contributed by atoms with Crippen molar-refractivity contribution in [1.29, 1.82) is 0 Å². The number of hydrogen-bond donors (Lipinski definition) is 1. The molecule has 0 radical (unpaired) electrons. The third-order valence-electron chi connectivity index (χ3n) is 2.79.